The van der Waals surface area contributed by atoms with Crippen molar-refractivity contribution in [2.75, 3.05) is 5.73 Å². The van der Waals surface area contributed by atoms with Crippen LogP contribution in [0.5, 0.6) is 0 Å². The predicted molar refractivity (Wildman–Crippen MR) is 77.6 cm³/mol. The number of hydrogen-bond donors (Lipinski definition) is 2. The molecule has 0 aromatic carbocycles. The molecule has 1 fully saturated rings. The lowest BCUT2D eigenvalue weighted by Crippen LogP contribution is -2.24. The minimum absolute atomic E-state index is 0.0897. The van der Waals surface area contributed by atoms with Gasteiger partial charge in [-0.2, -0.15) is 0 Å². The van der Waals surface area contributed by atoms with Crippen molar-refractivity contribution >= 4 is 34.5 Å². The first-order valence-corrected chi connectivity index (χ1v) is 7.32. The Morgan fingerprint density at radius 2 is 2.32 bits per heavy atom. The summed E-state index contributed by atoms with van der Waals surface area (Å²) in [5.41, 5.74) is 7.05. The Morgan fingerprint density at radius 3 is 2.95 bits per heavy atom. The maximum absolute atomic E-state index is 12.2. The van der Waals surface area contributed by atoms with E-state index in [4.69, 9.17) is 17.3 Å². The summed E-state index contributed by atoms with van der Waals surface area (Å²) in [6.45, 7) is 0.492. The summed E-state index contributed by atoms with van der Waals surface area (Å²) in [6.07, 6.45) is 4.08. The van der Waals surface area contributed by atoms with Crippen LogP contribution in [0.1, 0.15) is 34.2 Å². The second-order valence-corrected chi connectivity index (χ2v) is 6.49. The molecule has 4 nitrogen and oxygen atoms in total. The SMILES string of the molecule is Nc1cc(C(=O)NCc2ccc(Cl)s2)n(C2CC2)c1. The third-order valence-corrected chi connectivity index (χ3v) is 4.33. The maximum Gasteiger partial charge on any atom is 0.268 e. The van der Waals surface area contributed by atoms with E-state index < -0.39 is 0 Å². The van der Waals surface area contributed by atoms with E-state index in [0.29, 0.717) is 24.0 Å². The number of anilines is 1. The lowest BCUT2D eigenvalue weighted by Gasteiger charge is -2.07. The molecule has 1 saturated carbocycles. The van der Waals surface area contributed by atoms with Gasteiger partial charge < -0.3 is 15.6 Å². The predicted octanol–water partition coefficient (Wildman–Crippen LogP) is 3.05. The summed E-state index contributed by atoms with van der Waals surface area (Å²) in [7, 11) is 0. The number of amides is 1. The number of rotatable bonds is 4. The molecular weight excluding hydrogens is 282 g/mol. The third kappa shape index (κ3) is 2.77. The van der Waals surface area contributed by atoms with E-state index in [1.54, 1.807) is 6.07 Å². The van der Waals surface area contributed by atoms with Crippen molar-refractivity contribution in [3.05, 3.63) is 39.3 Å². The monoisotopic (exact) mass is 295 g/mol. The van der Waals surface area contributed by atoms with Crippen LogP contribution in [0.4, 0.5) is 5.69 Å². The van der Waals surface area contributed by atoms with Crippen LogP contribution in [-0.2, 0) is 6.54 Å². The van der Waals surface area contributed by atoms with Gasteiger partial charge in [-0.05, 0) is 31.0 Å². The Bertz CT molecular complexity index is 615. The van der Waals surface area contributed by atoms with Crippen LogP contribution in [0.15, 0.2) is 24.4 Å². The van der Waals surface area contributed by atoms with Crippen molar-refractivity contribution in [3.63, 3.8) is 0 Å². The van der Waals surface area contributed by atoms with Gasteiger partial charge in [0.15, 0.2) is 0 Å². The maximum atomic E-state index is 12.2. The highest BCUT2D eigenvalue weighted by atomic mass is 35.5. The van der Waals surface area contributed by atoms with Gasteiger partial charge in [0.1, 0.15) is 5.69 Å². The highest BCUT2D eigenvalue weighted by molar-refractivity contribution is 7.16. The number of thiophene rings is 1. The van der Waals surface area contributed by atoms with E-state index in [9.17, 15) is 4.79 Å². The van der Waals surface area contributed by atoms with Gasteiger partial charge in [-0.25, -0.2) is 0 Å². The summed E-state index contributed by atoms with van der Waals surface area (Å²) in [6, 6.07) is 5.92. The fourth-order valence-corrected chi connectivity index (χ4v) is 3.07. The van der Waals surface area contributed by atoms with Gasteiger partial charge in [-0.1, -0.05) is 11.6 Å². The van der Waals surface area contributed by atoms with E-state index >= 15 is 0 Å². The normalized spacial score (nSPS) is 14.6. The molecule has 1 aliphatic carbocycles. The molecule has 0 spiro atoms. The summed E-state index contributed by atoms with van der Waals surface area (Å²) in [5.74, 6) is -0.0897. The Kier molecular flexibility index (Phi) is 3.24. The molecule has 1 amide bonds. The van der Waals surface area contributed by atoms with Crippen LogP contribution < -0.4 is 11.1 Å². The minimum Gasteiger partial charge on any atom is -0.397 e. The van der Waals surface area contributed by atoms with Crippen molar-refractivity contribution < 1.29 is 4.79 Å². The highest BCUT2D eigenvalue weighted by Crippen LogP contribution is 2.37. The number of nitrogens with two attached hydrogens (primary N) is 1. The van der Waals surface area contributed by atoms with E-state index in [0.717, 1.165) is 22.1 Å². The van der Waals surface area contributed by atoms with Crippen LogP contribution in [0.3, 0.4) is 0 Å². The van der Waals surface area contributed by atoms with Crippen molar-refractivity contribution in [2.45, 2.75) is 25.4 Å². The first kappa shape index (κ1) is 12.6. The van der Waals surface area contributed by atoms with Gasteiger partial charge in [-0.15, -0.1) is 11.3 Å². The molecule has 1 aliphatic rings. The topological polar surface area (TPSA) is 60.1 Å². The Labute approximate surface area is 120 Å². The standard InChI is InChI=1S/C13H14ClN3OS/c14-12-4-3-10(19-12)6-16-13(18)11-5-8(15)7-17(11)9-1-2-9/h3-5,7,9H,1-2,6,15H2,(H,16,18). The molecule has 100 valence electrons. The number of hydrogen-bond acceptors (Lipinski definition) is 3. The molecule has 3 N–H and O–H groups in total. The number of nitrogens with one attached hydrogen (secondary N) is 1. The van der Waals surface area contributed by atoms with Crippen molar-refractivity contribution in [1.82, 2.24) is 9.88 Å². The first-order chi connectivity index (χ1) is 9.13. The molecule has 0 unspecified atom stereocenters. The Morgan fingerprint density at radius 1 is 1.53 bits per heavy atom. The van der Waals surface area contributed by atoms with Crippen molar-refractivity contribution in [2.24, 2.45) is 0 Å². The molecule has 0 saturated heterocycles. The number of carbonyl (C=O) groups is 1. The first-order valence-electron chi connectivity index (χ1n) is 6.13. The average Bonchev–Trinajstić information content (AvgIpc) is 3.03. The van der Waals surface area contributed by atoms with Gasteiger partial charge >= 0.3 is 0 Å². The fourth-order valence-electron chi connectivity index (χ4n) is 2.04. The molecule has 2 aromatic heterocycles. The largest absolute Gasteiger partial charge is 0.397 e. The van der Waals surface area contributed by atoms with Crippen LogP contribution in [0, 0.1) is 0 Å². The van der Waals surface area contributed by atoms with Crippen LogP contribution >= 0.6 is 22.9 Å². The minimum atomic E-state index is -0.0897. The molecule has 2 heterocycles. The Balaban J connectivity index is 1.70. The lowest BCUT2D eigenvalue weighted by molar-refractivity contribution is 0.0942. The molecular formula is C13H14ClN3OS. The van der Waals surface area contributed by atoms with Crippen LogP contribution in [0.25, 0.3) is 0 Å². The second-order valence-electron chi connectivity index (χ2n) is 4.69. The molecule has 19 heavy (non-hydrogen) atoms. The van der Waals surface area contributed by atoms with Gasteiger partial charge in [0.05, 0.1) is 16.6 Å². The van der Waals surface area contributed by atoms with Gasteiger partial charge in [0, 0.05) is 17.1 Å². The van der Waals surface area contributed by atoms with E-state index in [1.807, 2.05) is 22.9 Å². The number of nitrogen functional groups attached to an aromatic ring is 1. The van der Waals surface area contributed by atoms with E-state index in [-0.39, 0.29) is 5.91 Å². The molecule has 2 aromatic rings. The number of aromatic nitrogens is 1. The van der Waals surface area contributed by atoms with Crippen LogP contribution in [0.2, 0.25) is 4.34 Å². The number of carbonyl (C=O) groups excluding carboxylic acids is 1. The molecule has 3 rings (SSSR count). The van der Waals surface area contributed by atoms with Crippen molar-refractivity contribution in [3.8, 4) is 0 Å². The summed E-state index contributed by atoms with van der Waals surface area (Å²) >= 11 is 7.33. The summed E-state index contributed by atoms with van der Waals surface area (Å²) in [5, 5.41) is 2.90. The zero-order valence-corrected chi connectivity index (χ0v) is 11.8. The third-order valence-electron chi connectivity index (χ3n) is 3.09. The summed E-state index contributed by atoms with van der Waals surface area (Å²) < 4.78 is 2.71. The Hall–Kier alpha value is -1.46. The van der Waals surface area contributed by atoms with Gasteiger partial charge in [-0.3, -0.25) is 4.79 Å². The van der Waals surface area contributed by atoms with E-state index in [2.05, 4.69) is 5.32 Å². The molecule has 0 atom stereocenters. The quantitative estimate of drug-likeness (QED) is 0.911. The molecule has 6 heteroatoms. The van der Waals surface area contributed by atoms with Gasteiger partial charge in [0.2, 0.25) is 0 Å². The molecule has 0 aliphatic heterocycles. The van der Waals surface area contributed by atoms with Gasteiger partial charge in [0.25, 0.3) is 5.91 Å². The second kappa shape index (κ2) is 4.90. The number of halogens is 1. The number of nitrogens with zero attached hydrogens (tertiary/aromatic N) is 1. The van der Waals surface area contributed by atoms with Crippen molar-refractivity contribution in [1.29, 1.82) is 0 Å². The average molecular weight is 296 g/mol. The zero-order chi connectivity index (χ0) is 13.4. The molecule has 0 radical (unpaired) electrons. The smallest absolute Gasteiger partial charge is 0.268 e. The lowest BCUT2D eigenvalue weighted by atomic mass is 10.3. The zero-order valence-electron chi connectivity index (χ0n) is 10.2. The fraction of sp³-hybridized carbons (Fsp3) is 0.308. The molecule has 0 bridgehead atoms. The highest BCUT2D eigenvalue weighted by Gasteiger charge is 2.27. The summed E-state index contributed by atoms with van der Waals surface area (Å²) in [4.78, 5) is 13.2. The van der Waals surface area contributed by atoms with E-state index in [1.165, 1.54) is 11.3 Å². The van der Waals surface area contributed by atoms with Crippen LogP contribution in [-0.4, -0.2) is 10.5 Å².